The normalized spacial score (nSPS) is 13.7. The van der Waals surface area contributed by atoms with Crippen molar-refractivity contribution in [2.75, 3.05) is 24.5 Å². The molecule has 0 saturated carbocycles. The lowest BCUT2D eigenvalue weighted by atomic mass is 10.2. The molecule has 0 bridgehead atoms. The van der Waals surface area contributed by atoms with Crippen molar-refractivity contribution in [3.63, 3.8) is 0 Å². The minimum Gasteiger partial charge on any atom is -0.356 e. The van der Waals surface area contributed by atoms with Crippen molar-refractivity contribution < 1.29 is 0 Å². The van der Waals surface area contributed by atoms with Gasteiger partial charge in [-0.1, -0.05) is 18.2 Å². The summed E-state index contributed by atoms with van der Waals surface area (Å²) in [6, 6.07) is 8.58. The Balaban J connectivity index is 0.00000192. The SMILES string of the molecule is CCNC(=NCCc1cnn(C)c1)N1CCc2ccccc21.I. The topological polar surface area (TPSA) is 45.5 Å². The predicted octanol–water partition coefficient (Wildman–Crippen LogP) is 2.61. The third kappa shape index (κ3) is 4.25. The second kappa shape index (κ2) is 8.33. The average molecular weight is 425 g/mol. The number of halogens is 1. The molecule has 23 heavy (non-hydrogen) atoms. The van der Waals surface area contributed by atoms with E-state index in [0.29, 0.717) is 0 Å². The number of nitrogens with one attached hydrogen (secondary N) is 1. The monoisotopic (exact) mass is 425 g/mol. The zero-order valence-electron chi connectivity index (χ0n) is 13.7. The largest absolute Gasteiger partial charge is 0.356 e. The Labute approximate surface area is 154 Å². The van der Waals surface area contributed by atoms with Crippen molar-refractivity contribution >= 4 is 35.6 Å². The van der Waals surface area contributed by atoms with Gasteiger partial charge >= 0.3 is 0 Å². The third-order valence-electron chi connectivity index (χ3n) is 3.90. The summed E-state index contributed by atoms with van der Waals surface area (Å²) in [7, 11) is 1.94. The van der Waals surface area contributed by atoms with Crippen LogP contribution in [0.5, 0.6) is 0 Å². The lowest BCUT2D eigenvalue weighted by Gasteiger charge is -2.22. The maximum atomic E-state index is 4.79. The molecular formula is C17H24IN5. The van der Waals surface area contributed by atoms with E-state index in [4.69, 9.17) is 4.99 Å². The van der Waals surface area contributed by atoms with E-state index in [1.54, 1.807) is 0 Å². The van der Waals surface area contributed by atoms with Gasteiger partial charge in [0.2, 0.25) is 0 Å². The Morgan fingerprint density at radius 2 is 2.17 bits per heavy atom. The van der Waals surface area contributed by atoms with Crippen molar-refractivity contribution in [3.05, 3.63) is 47.8 Å². The van der Waals surface area contributed by atoms with Gasteiger partial charge in [0.05, 0.1) is 6.20 Å². The van der Waals surface area contributed by atoms with Gasteiger partial charge in [0.15, 0.2) is 5.96 Å². The smallest absolute Gasteiger partial charge is 0.198 e. The molecule has 1 N–H and O–H groups in total. The van der Waals surface area contributed by atoms with Crippen molar-refractivity contribution in [2.45, 2.75) is 19.8 Å². The number of nitrogens with zero attached hydrogens (tertiary/aromatic N) is 4. The first-order valence-electron chi connectivity index (χ1n) is 7.89. The average Bonchev–Trinajstić information content (AvgIpc) is 3.13. The number of para-hydroxylation sites is 1. The van der Waals surface area contributed by atoms with E-state index < -0.39 is 0 Å². The van der Waals surface area contributed by atoms with Crippen LogP contribution in [0.25, 0.3) is 0 Å². The highest BCUT2D eigenvalue weighted by Gasteiger charge is 2.22. The van der Waals surface area contributed by atoms with E-state index in [-0.39, 0.29) is 24.0 Å². The molecule has 0 fully saturated rings. The second-order valence-corrected chi connectivity index (χ2v) is 5.54. The van der Waals surface area contributed by atoms with E-state index in [1.807, 2.05) is 24.1 Å². The zero-order chi connectivity index (χ0) is 15.4. The molecule has 3 rings (SSSR count). The standard InChI is InChI=1S/C17H23N5.HI/c1-3-18-17(19-10-8-14-12-20-21(2)13-14)22-11-9-15-6-4-5-7-16(15)22;/h4-7,12-13H,3,8-11H2,1-2H3,(H,18,19);1H. The fourth-order valence-electron chi connectivity index (χ4n) is 2.84. The maximum Gasteiger partial charge on any atom is 0.198 e. The molecule has 0 radical (unpaired) electrons. The molecule has 2 heterocycles. The Hall–Kier alpha value is -1.57. The second-order valence-electron chi connectivity index (χ2n) is 5.54. The molecule has 124 valence electrons. The van der Waals surface area contributed by atoms with Crippen LogP contribution in [0.4, 0.5) is 5.69 Å². The maximum absolute atomic E-state index is 4.79. The molecule has 6 heteroatoms. The van der Waals surface area contributed by atoms with E-state index in [9.17, 15) is 0 Å². The minimum absolute atomic E-state index is 0. The predicted molar refractivity (Wildman–Crippen MR) is 106 cm³/mol. The van der Waals surface area contributed by atoms with Gasteiger partial charge in [-0.25, -0.2) is 0 Å². The van der Waals surface area contributed by atoms with Gasteiger partial charge in [0.25, 0.3) is 0 Å². The molecule has 1 aromatic heterocycles. The highest BCUT2D eigenvalue weighted by Crippen LogP contribution is 2.27. The lowest BCUT2D eigenvalue weighted by Crippen LogP contribution is -2.40. The van der Waals surface area contributed by atoms with Gasteiger partial charge in [0, 0.05) is 38.6 Å². The van der Waals surface area contributed by atoms with Crippen LogP contribution >= 0.6 is 24.0 Å². The first-order valence-corrected chi connectivity index (χ1v) is 7.89. The molecule has 0 amide bonds. The number of guanidine groups is 1. The van der Waals surface area contributed by atoms with Crippen LogP contribution in [0, 0.1) is 0 Å². The zero-order valence-corrected chi connectivity index (χ0v) is 16.0. The number of anilines is 1. The molecule has 0 aliphatic carbocycles. The molecule has 5 nitrogen and oxygen atoms in total. The molecule has 1 aromatic carbocycles. The Bertz CT molecular complexity index is 665. The van der Waals surface area contributed by atoms with E-state index in [0.717, 1.165) is 38.4 Å². The van der Waals surface area contributed by atoms with E-state index in [2.05, 4.69) is 46.5 Å². The Morgan fingerprint density at radius 3 is 2.91 bits per heavy atom. The van der Waals surface area contributed by atoms with Gasteiger partial charge in [-0.3, -0.25) is 9.67 Å². The van der Waals surface area contributed by atoms with Crippen molar-refractivity contribution in [1.29, 1.82) is 0 Å². The molecule has 0 atom stereocenters. The highest BCUT2D eigenvalue weighted by molar-refractivity contribution is 14.0. The summed E-state index contributed by atoms with van der Waals surface area (Å²) in [4.78, 5) is 7.09. The van der Waals surface area contributed by atoms with Crippen LogP contribution < -0.4 is 10.2 Å². The van der Waals surface area contributed by atoms with Gasteiger partial charge in [-0.05, 0) is 37.0 Å². The van der Waals surface area contributed by atoms with Crippen molar-refractivity contribution in [1.82, 2.24) is 15.1 Å². The summed E-state index contributed by atoms with van der Waals surface area (Å²) >= 11 is 0. The van der Waals surface area contributed by atoms with Crippen molar-refractivity contribution in [3.8, 4) is 0 Å². The lowest BCUT2D eigenvalue weighted by molar-refractivity contribution is 0.766. The first kappa shape index (κ1) is 17.8. The number of aliphatic imine (C=N–C) groups is 1. The molecular weight excluding hydrogens is 401 g/mol. The summed E-state index contributed by atoms with van der Waals surface area (Å²) in [5, 5.41) is 7.61. The summed E-state index contributed by atoms with van der Waals surface area (Å²) in [5.74, 6) is 0.983. The van der Waals surface area contributed by atoms with Crippen molar-refractivity contribution in [2.24, 2.45) is 12.0 Å². The molecule has 1 aliphatic heterocycles. The van der Waals surface area contributed by atoms with Gasteiger partial charge in [0.1, 0.15) is 0 Å². The van der Waals surface area contributed by atoms with E-state index >= 15 is 0 Å². The molecule has 1 aliphatic rings. The minimum atomic E-state index is 0. The molecule has 2 aromatic rings. The summed E-state index contributed by atoms with van der Waals surface area (Å²) in [6.07, 6.45) is 5.96. The number of hydrogen-bond donors (Lipinski definition) is 1. The highest BCUT2D eigenvalue weighted by atomic mass is 127. The molecule has 0 unspecified atom stereocenters. The Kier molecular flexibility index (Phi) is 6.44. The van der Waals surface area contributed by atoms with Crippen LogP contribution in [-0.2, 0) is 19.9 Å². The number of aromatic nitrogens is 2. The third-order valence-corrected chi connectivity index (χ3v) is 3.90. The molecule has 0 saturated heterocycles. The Morgan fingerprint density at radius 1 is 1.35 bits per heavy atom. The van der Waals surface area contributed by atoms with Crippen LogP contribution in [-0.4, -0.2) is 35.4 Å². The fraction of sp³-hybridized carbons (Fsp3) is 0.412. The van der Waals surface area contributed by atoms with E-state index in [1.165, 1.54) is 16.8 Å². The van der Waals surface area contributed by atoms with Crippen LogP contribution in [0.3, 0.4) is 0 Å². The van der Waals surface area contributed by atoms with Crippen LogP contribution in [0.15, 0.2) is 41.7 Å². The summed E-state index contributed by atoms with van der Waals surface area (Å²) in [6.45, 7) is 4.76. The number of fused-ring (bicyclic) bond motifs is 1. The van der Waals surface area contributed by atoms with Gasteiger partial charge in [-0.15, -0.1) is 24.0 Å². The van der Waals surface area contributed by atoms with Crippen LogP contribution in [0.1, 0.15) is 18.1 Å². The number of rotatable bonds is 4. The van der Waals surface area contributed by atoms with Gasteiger partial charge < -0.3 is 10.2 Å². The quantitative estimate of drug-likeness (QED) is 0.466. The number of hydrogen-bond acceptors (Lipinski definition) is 2. The molecule has 0 spiro atoms. The first-order chi connectivity index (χ1) is 10.8. The number of benzene rings is 1. The summed E-state index contributed by atoms with van der Waals surface area (Å²) < 4.78 is 1.83. The fourth-order valence-corrected chi connectivity index (χ4v) is 2.84. The van der Waals surface area contributed by atoms with Gasteiger partial charge in [-0.2, -0.15) is 5.10 Å². The summed E-state index contributed by atoms with van der Waals surface area (Å²) in [5.41, 5.74) is 3.91. The van der Waals surface area contributed by atoms with Crippen LogP contribution in [0.2, 0.25) is 0 Å². The number of aryl methyl sites for hydroxylation is 1.